The van der Waals surface area contributed by atoms with Gasteiger partial charge in [-0.25, -0.2) is 0 Å². The third-order valence-electron chi connectivity index (χ3n) is 0.342. The van der Waals surface area contributed by atoms with Gasteiger partial charge in [-0.2, -0.15) is 5.90 Å². The fourth-order valence-corrected chi connectivity index (χ4v) is 0.116. The first-order valence-corrected chi connectivity index (χ1v) is 1.79. The van der Waals surface area contributed by atoms with Crippen molar-refractivity contribution in [2.24, 2.45) is 11.7 Å². The van der Waals surface area contributed by atoms with E-state index in [2.05, 4.69) is 21.6 Å². The van der Waals surface area contributed by atoms with E-state index in [1.807, 2.05) is 0 Å². The predicted octanol–water partition coefficient (Wildman–Crippen LogP) is -5.22. The van der Waals surface area contributed by atoms with Gasteiger partial charge >= 0.3 is 0 Å². The van der Waals surface area contributed by atoms with E-state index in [-0.39, 0.29) is 0 Å². The summed E-state index contributed by atoms with van der Waals surface area (Å²) in [6, 6.07) is 0. The summed E-state index contributed by atoms with van der Waals surface area (Å²) in [5, 5.41) is 17.4. The van der Waals surface area contributed by atoms with Crippen molar-refractivity contribution in [2.75, 3.05) is 0 Å². The van der Waals surface area contributed by atoms with Crippen LogP contribution >= 0.6 is 0 Å². The molecule has 9 heavy (non-hydrogen) atoms. The van der Waals surface area contributed by atoms with Crippen molar-refractivity contribution in [3.05, 3.63) is 10.4 Å². The summed E-state index contributed by atoms with van der Waals surface area (Å²) < 4.78 is 0. The largest absolute Gasteiger partial charge is 0.578 e. The fourth-order valence-electron chi connectivity index (χ4n) is 0.116. The molecule has 0 bridgehead atoms. The molecule has 56 valence electrons. The molecule has 0 aliphatic rings. The van der Waals surface area contributed by atoms with E-state index >= 15 is 0 Å². The highest BCUT2D eigenvalue weighted by molar-refractivity contribution is 3.81. The van der Waals surface area contributed by atoms with Crippen LogP contribution < -0.4 is 28.0 Å². The molecule has 9 heteroatoms. The van der Waals surface area contributed by atoms with Crippen LogP contribution in [0.4, 0.5) is 0 Å². The number of nitrogens with one attached hydrogen (secondary N) is 3. The van der Waals surface area contributed by atoms with E-state index in [0.29, 0.717) is 0 Å². The summed E-state index contributed by atoms with van der Waals surface area (Å²) in [4.78, 5) is 7.25. The Balaban J connectivity index is 3.06. The lowest BCUT2D eigenvalue weighted by atomic mass is 12.4. The molecule has 0 aromatic rings. The van der Waals surface area contributed by atoms with Crippen LogP contribution in [0.2, 0.25) is 0 Å². The van der Waals surface area contributed by atoms with Crippen LogP contribution in [0, 0.1) is 10.4 Å². The summed E-state index contributed by atoms with van der Waals surface area (Å²) in [6.07, 6.45) is 0. The van der Waals surface area contributed by atoms with Crippen LogP contribution in [0.15, 0.2) is 0 Å². The van der Waals surface area contributed by atoms with E-state index in [9.17, 15) is 10.4 Å². The van der Waals surface area contributed by atoms with Gasteiger partial charge in [0, 0.05) is 5.59 Å². The fraction of sp³-hybridized carbons (Fsp3) is 0. The Morgan fingerprint density at radius 2 is 2.00 bits per heavy atom. The molecule has 7 N–H and O–H groups in total. The Bertz CT molecular complexity index is 64.0. The van der Waals surface area contributed by atoms with Gasteiger partial charge in [0.1, 0.15) is 0 Å². The van der Waals surface area contributed by atoms with Gasteiger partial charge in [0.15, 0.2) is 0 Å². The van der Waals surface area contributed by atoms with Crippen molar-refractivity contribution < 1.29 is 20.5 Å². The molecule has 9 nitrogen and oxygen atoms in total. The lowest BCUT2D eigenvalue weighted by Gasteiger charge is -2.16. The summed E-state index contributed by atoms with van der Waals surface area (Å²) in [5.74, 6) is 8.74. The average molecular weight is 141 g/mol. The first kappa shape index (κ1) is 8.64. The molecule has 0 heterocycles. The highest BCUT2D eigenvalue weighted by Gasteiger charge is 1.94. The van der Waals surface area contributed by atoms with Crippen LogP contribution in [0.5, 0.6) is 0 Å². The van der Waals surface area contributed by atoms with Gasteiger partial charge in [0.25, 0.3) is 0 Å². The summed E-state index contributed by atoms with van der Waals surface area (Å²) >= 11 is 0. The molecule has 0 fully saturated rings. The molecule has 0 spiro atoms. The van der Waals surface area contributed by atoms with Crippen molar-refractivity contribution in [2.45, 2.75) is 0 Å². The summed E-state index contributed by atoms with van der Waals surface area (Å²) in [7, 11) is 0. The smallest absolute Gasteiger partial charge is 0.0484 e. The van der Waals surface area contributed by atoms with Crippen molar-refractivity contribution in [3.8, 4) is 0 Å². The van der Waals surface area contributed by atoms with Crippen molar-refractivity contribution >= 4 is 0 Å². The molecule has 0 amide bonds. The quantitative estimate of drug-likeness (QED) is 0.195. The van der Waals surface area contributed by atoms with Gasteiger partial charge in [0.05, 0.1) is 0 Å². The SMILES string of the molecule is NO[NH+]([O-])NO[NH+](N)[O-]. The van der Waals surface area contributed by atoms with Crippen molar-refractivity contribution in [1.82, 2.24) is 5.59 Å². The molecule has 0 saturated carbocycles. The molecule has 0 rings (SSSR count). The average Bonchev–Trinajstić information content (AvgIpc) is 1.83. The lowest BCUT2D eigenvalue weighted by Crippen LogP contribution is -3.22. The first-order chi connectivity index (χ1) is 4.16. The molecular formula is H7N5O4. The summed E-state index contributed by atoms with van der Waals surface area (Å²) in [5.41, 5.74) is 1.47. The Hall–Kier alpha value is -0.360. The van der Waals surface area contributed by atoms with E-state index in [1.165, 1.54) is 5.59 Å². The van der Waals surface area contributed by atoms with Gasteiger partial charge in [-0.1, -0.05) is 10.3 Å². The molecule has 0 aromatic carbocycles. The van der Waals surface area contributed by atoms with Crippen molar-refractivity contribution in [1.29, 1.82) is 0 Å². The zero-order valence-electron chi connectivity index (χ0n) is 4.29. The standard InChI is InChI=1S/H7N5O4/c1-4(6)9-3-5(7)8-2/h3-5H,1-2H2. The predicted molar refractivity (Wildman–Crippen MR) is 22.3 cm³/mol. The maximum absolute atomic E-state index is 9.93. The Morgan fingerprint density at radius 1 is 1.44 bits per heavy atom. The van der Waals surface area contributed by atoms with E-state index in [1.54, 1.807) is 0 Å². The Morgan fingerprint density at radius 3 is 2.33 bits per heavy atom. The molecule has 0 radical (unpaired) electrons. The van der Waals surface area contributed by atoms with Gasteiger partial charge < -0.3 is 10.4 Å². The molecule has 0 aliphatic carbocycles. The minimum Gasteiger partial charge on any atom is -0.578 e. The molecule has 0 aliphatic heterocycles. The van der Waals surface area contributed by atoms with Crippen LogP contribution in [0.25, 0.3) is 0 Å². The molecule has 2 atom stereocenters. The van der Waals surface area contributed by atoms with E-state index < -0.39 is 10.7 Å². The third kappa shape index (κ3) is 5.51. The van der Waals surface area contributed by atoms with Crippen molar-refractivity contribution in [3.63, 3.8) is 0 Å². The molecule has 0 aromatic heterocycles. The number of hydrogen-bond acceptors (Lipinski definition) is 7. The van der Waals surface area contributed by atoms with Gasteiger partial charge in [-0.3, -0.25) is 0 Å². The second-order valence-corrected chi connectivity index (χ2v) is 0.928. The first-order valence-electron chi connectivity index (χ1n) is 1.79. The van der Waals surface area contributed by atoms with Gasteiger partial charge in [-0.05, 0) is 4.94 Å². The lowest BCUT2D eigenvalue weighted by molar-refractivity contribution is -1.19. The van der Waals surface area contributed by atoms with Crippen LogP contribution in [0.3, 0.4) is 0 Å². The van der Waals surface area contributed by atoms with E-state index in [0.717, 1.165) is 0 Å². The highest BCUT2D eigenvalue weighted by Crippen LogP contribution is 1.27. The molecule has 2 unspecified atom stereocenters. The Labute approximate surface area is 49.6 Å². The van der Waals surface area contributed by atoms with Crippen LogP contribution in [-0.4, -0.2) is 0 Å². The maximum atomic E-state index is 9.93. The normalized spacial score (nSPS) is 17.3. The molecule has 0 saturated heterocycles. The molecular weight excluding hydrogens is 134 g/mol. The number of hydrogen-bond donors (Lipinski definition) is 5. The number of rotatable bonds is 4. The minimum atomic E-state index is -1.15. The maximum Gasteiger partial charge on any atom is 0.0484 e. The summed E-state index contributed by atoms with van der Waals surface area (Å²) in [6.45, 7) is 0. The van der Waals surface area contributed by atoms with Crippen LogP contribution in [0.1, 0.15) is 0 Å². The number of quaternary nitrogens is 2. The second kappa shape index (κ2) is 4.51. The van der Waals surface area contributed by atoms with E-state index in [4.69, 9.17) is 0 Å². The van der Waals surface area contributed by atoms with Gasteiger partial charge in [-0.15, -0.1) is 11.2 Å². The minimum absolute atomic E-state index is 1.10. The van der Waals surface area contributed by atoms with Gasteiger partial charge in [0.2, 0.25) is 0 Å². The van der Waals surface area contributed by atoms with Crippen LogP contribution in [-0.2, 0) is 9.88 Å². The Kier molecular flexibility index (Phi) is 4.33. The third-order valence-corrected chi connectivity index (χ3v) is 0.342. The second-order valence-electron chi connectivity index (χ2n) is 0.928. The zero-order valence-corrected chi connectivity index (χ0v) is 4.29. The monoisotopic (exact) mass is 141 g/mol. The topological polar surface area (TPSA) is 138 Å². The highest BCUT2D eigenvalue weighted by atomic mass is 17.1. The number of nitrogens with two attached hydrogens (primary N) is 2. The zero-order chi connectivity index (χ0) is 7.28.